The molecule has 14 heavy (non-hydrogen) atoms. The summed E-state index contributed by atoms with van der Waals surface area (Å²) in [7, 11) is 0. The van der Waals surface area contributed by atoms with Crippen LogP contribution in [0.3, 0.4) is 0 Å². The van der Waals surface area contributed by atoms with Crippen LogP contribution in [0.15, 0.2) is 12.2 Å². The van der Waals surface area contributed by atoms with Crippen molar-refractivity contribution in [3.8, 4) is 0 Å². The maximum absolute atomic E-state index is 11.2. The lowest BCUT2D eigenvalue weighted by Gasteiger charge is -2.22. The highest BCUT2D eigenvalue weighted by Crippen LogP contribution is 2.10. The number of nitrogens with zero attached hydrogens (tertiary/aromatic N) is 1. The van der Waals surface area contributed by atoms with Gasteiger partial charge in [-0.25, -0.2) is 4.90 Å². The Labute approximate surface area is 83.5 Å². The van der Waals surface area contributed by atoms with Crippen molar-refractivity contribution in [3.05, 3.63) is 12.2 Å². The van der Waals surface area contributed by atoms with Crippen LogP contribution in [0.5, 0.6) is 0 Å². The lowest BCUT2D eigenvalue weighted by Crippen LogP contribution is -2.39. The second-order valence-electron chi connectivity index (χ2n) is 3.20. The molecule has 0 saturated carbocycles. The SMILES string of the molecule is CCCCOC(C)N1C(=O)C=CC1=O. The van der Waals surface area contributed by atoms with Crippen LogP contribution in [0.25, 0.3) is 0 Å². The predicted octanol–water partition coefficient (Wildman–Crippen LogP) is 1.07. The second kappa shape index (κ2) is 4.91. The first-order valence-electron chi connectivity index (χ1n) is 4.83. The van der Waals surface area contributed by atoms with Crippen molar-refractivity contribution >= 4 is 11.8 Å². The van der Waals surface area contributed by atoms with Gasteiger partial charge in [-0.05, 0) is 13.3 Å². The summed E-state index contributed by atoms with van der Waals surface area (Å²) in [4.78, 5) is 23.5. The van der Waals surface area contributed by atoms with Crippen molar-refractivity contribution in [2.24, 2.45) is 0 Å². The smallest absolute Gasteiger partial charge is 0.255 e. The van der Waals surface area contributed by atoms with E-state index in [1.165, 1.54) is 12.2 Å². The lowest BCUT2D eigenvalue weighted by atomic mass is 10.4. The molecule has 1 atom stereocenters. The van der Waals surface area contributed by atoms with Crippen LogP contribution in [0, 0.1) is 0 Å². The Morgan fingerprint density at radius 3 is 2.43 bits per heavy atom. The number of amides is 2. The van der Waals surface area contributed by atoms with E-state index < -0.39 is 6.23 Å². The van der Waals surface area contributed by atoms with Crippen LogP contribution in [-0.2, 0) is 14.3 Å². The van der Waals surface area contributed by atoms with Gasteiger partial charge in [0.25, 0.3) is 11.8 Å². The zero-order valence-electron chi connectivity index (χ0n) is 8.53. The van der Waals surface area contributed by atoms with Crippen molar-refractivity contribution in [1.29, 1.82) is 0 Å². The summed E-state index contributed by atoms with van der Waals surface area (Å²) in [6, 6.07) is 0. The molecule has 0 saturated heterocycles. The number of imide groups is 1. The Morgan fingerprint density at radius 1 is 1.36 bits per heavy atom. The molecule has 1 rings (SSSR count). The third-order valence-corrected chi connectivity index (χ3v) is 2.06. The molecule has 4 heteroatoms. The van der Waals surface area contributed by atoms with Gasteiger partial charge in [0.05, 0.1) is 0 Å². The van der Waals surface area contributed by atoms with Gasteiger partial charge in [0, 0.05) is 18.8 Å². The summed E-state index contributed by atoms with van der Waals surface area (Å²) in [5, 5.41) is 0. The minimum absolute atomic E-state index is 0.293. The van der Waals surface area contributed by atoms with E-state index in [-0.39, 0.29) is 11.8 Å². The number of hydrogen-bond donors (Lipinski definition) is 0. The molecule has 0 aromatic carbocycles. The fourth-order valence-electron chi connectivity index (χ4n) is 1.24. The molecule has 0 aromatic heterocycles. The topological polar surface area (TPSA) is 46.6 Å². The molecule has 4 nitrogen and oxygen atoms in total. The molecule has 2 amide bonds. The largest absolute Gasteiger partial charge is 0.358 e. The van der Waals surface area contributed by atoms with Gasteiger partial charge in [-0.1, -0.05) is 13.3 Å². The molecule has 0 bridgehead atoms. The van der Waals surface area contributed by atoms with E-state index in [0.29, 0.717) is 6.61 Å². The van der Waals surface area contributed by atoms with Gasteiger partial charge in [-0.15, -0.1) is 0 Å². The summed E-state index contributed by atoms with van der Waals surface area (Å²) in [6.45, 7) is 4.34. The van der Waals surface area contributed by atoms with Crippen LogP contribution in [0.1, 0.15) is 26.7 Å². The highest BCUT2D eigenvalue weighted by Gasteiger charge is 2.28. The molecule has 1 aliphatic rings. The number of rotatable bonds is 5. The molecule has 0 aromatic rings. The molecule has 1 heterocycles. The van der Waals surface area contributed by atoms with Crippen molar-refractivity contribution in [2.75, 3.05) is 6.61 Å². The predicted molar refractivity (Wildman–Crippen MR) is 51.3 cm³/mol. The maximum atomic E-state index is 11.2. The van der Waals surface area contributed by atoms with Gasteiger partial charge in [-0.3, -0.25) is 9.59 Å². The van der Waals surface area contributed by atoms with Gasteiger partial charge in [0.2, 0.25) is 0 Å². The minimum atomic E-state index is -0.462. The number of ether oxygens (including phenoxy) is 1. The Hall–Kier alpha value is -1.16. The fraction of sp³-hybridized carbons (Fsp3) is 0.600. The van der Waals surface area contributed by atoms with E-state index in [2.05, 4.69) is 6.92 Å². The van der Waals surface area contributed by atoms with Crippen LogP contribution in [0.2, 0.25) is 0 Å². The Morgan fingerprint density at radius 2 is 1.93 bits per heavy atom. The first kappa shape index (κ1) is 10.9. The quantitative estimate of drug-likeness (QED) is 0.489. The van der Waals surface area contributed by atoms with E-state index in [0.717, 1.165) is 17.7 Å². The number of carbonyl (C=O) groups excluding carboxylic acids is 2. The molecule has 0 N–H and O–H groups in total. The van der Waals surface area contributed by atoms with Gasteiger partial charge in [0.15, 0.2) is 0 Å². The van der Waals surface area contributed by atoms with E-state index in [9.17, 15) is 9.59 Å². The third kappa shape index (κ3) is 2.42. The van der Waals surface area contributed by atoms with Crippen LogP contribution >= 0.6 is 0 Å². The number of carbonyl (C=O) groups is 2. The average molecular weight is 197 g/mol. The van der Waals surface area contributed by atoms with Gasteiger partial charge in [0.1, 0.15) is 6.23 Å². The zero-order valence-corrected chi connectivity index (χ0v) is 8.53. The molecular formula is C10H15NO3. The highest BCUT2D eigenvalue weighted by molar-refractivity contribution is 6.13. The van der Waals surface area contributed by atoms with Crippen molar-refractivity contribution in [2.45, 2.75) is 32.9 Å². The summed E-state index contributed by atoms with van der Waals surface area (Å²) in [5.74, 6) is -0.585. The van der Waals surface area contributed by atoms with Crippen LogP contribution in [0.4, 0.5) is 0 Å². The Balaban J connectivity index is 2.40. The lowest BCUT2D eigenvalue weighted by molar-refractivity contribution is -0.150. The molecule has 0 radical (unpaired) electrons. The second-order valence-corrected chi connectivity index (χ2v) is 3.20. The van der Waals surface area contributed by atoms with E-state index in [4.69, 9.17) is 4.74 Å². The number of unbranched alkanes of at least 4 members (excludes halogenated alkanes) is 1. The highest BCUT2D eigenvalue weighted by atomic mass is 16.5. The molecule has 0 spiro atoms. The van der Waals surface area contributed by atoms with Gasteiger partial charge in [-0.2, -0.15) is 0 Å². The van der Waals surface area contributed by atoms with Crippen molar-refractivity contribution < 1.29 is 14.3 Å². The molecule has 0 aliphatic carbocycles. The standard InChI is InChI=1S/C10H15NO3/c1-3-4-7-14-8(2)11-9(12)5-6-10(11)13/h5-6,8H,3-4,7H2,1-2H3. The van der Waals surface area contributed by atoms with E-state index >= 15 is 0 Å². The van der Waals surface area contributed by atoms with Crippen LogP contribution < -0.4 is 0 Å². The first-order chi connectivity index (χ1) is 6.66. The Bertz CT molecular complexity index is 242. The molecule has 1 unspecified atom stereocenters. The van der Waals surface area contributed by atoms with E-state index in [1.54, 1.807) is 6.92 Å². The molecular weight excluding hydrogens is 182 g/mol. The molecule has 1 aliphatic heterocycles. The monoisotopic (exact) mass is 197 g/mol. The van der Waals surface area contributed by atoms with E-state index in [1.807, 2.05) is 0 Å². The molecule has 78 valence electrons. The first-order valence-corrected chi connectivity index (χ1v) is 4.83. The average Bonchev–Trinajstić information content (AvgIpc) is 2.46. The third-order valence-electron chi connectivity index (χ3n) is 2.06. The summed E-state index contributed by atoms with van der Waals surface area (Å²) in [6.07, 6.45) is 4.04. The summed E-state index contributed by atoms with van der Waals surface area (Å²) >= 11 is 0. The molecule has 0 fully saturated rings. The maximum Gasteiger partial charge on any atom is 0.255 e. The van der Waals surface area contributed by atoms with Gasteiger partial charge >= 0.3 is 0 Å². The summed E-state index contributed by atoms with van der Waals surface area (Å²) in [5.41, 5.74) is 0. The van der Waals surface area contributed by atoms with Crippen molar-refractivity contribution in [1.82, 2.24) is 4.90 Å². The normalized spacial score (nSPS) is 18.0. The number of hydrogen-bond acceptors (Lipinski definition) is 3. The fourth-order valence-corrected chi connectivity index (χ4v) is 1.24. The Kier molecular flexibility index (Phi) is 3.83. The zero-order chi connectivity index (χ0) is 10.6. The van der Waals surface area contributed by atoms with Crippen LogP contribution in [-0.4, -0.2) is 29.5 Å². The van der Waals surface area contributed by atoms with Crippen molar-refractivity contribution in [3.63, 3.8) is 0 Å². The minimum Gasteiger partial charge on any atom is -0.358 e. The van der Waals surface area contributed by atoms with Gasteiger partial charge < -0.3 is 4.74 Å². The summed E-state index contributed by atoms with van der Waals surface area (Å²) < 4.78 is 5.35.